The van der Waals surface area contributed by atoms with Gasteiger partial charge in [-0.05, 0) is 52.9 Å². The molecule has 3 aromatic heterocycles. The zero-order valence-electron chi connectivity index (χ0n) is 38.9. The smallest absolute Gasteiger partial charge is 0.335 e. The molecule has 9 atom stereocenters. The van der Waals surface area contributed by atoms with Gasteiger partial charge in [-0.15, -0.1) is 0 Å². The van der Waals surface area contributed by atoms with Gasteiger partial charge in [0.05, 0.1) is 44.7 Å². The number of hydrogen-bond acceptors (Lipinski definition) is 19. The van der Waals surface area contributed by atoms with Gasteiger partial charge in [0.2, 0.25) is 11.9 Å². The van der Waals surface area contributed by atoms with Gasteiger partial charge in [-0.2, -0.15) is 10.2 Å². The third kappa shape index (κ3) is 12.6. The molecule has 2 fully saturated rings. The first kappa shape index (κ1) is 54.1. The van der Waals surface area contributed by atoms with Crippen LogP contribution < -0.4 is 16.2 Å². The van der Waals surface area contributed by atoms with Gasteiger partial charge in [-0.3, -0.25) is 33.5 Å². The van der Waals surface area contributed by atoms with E-state index >= 15 is 0 Å². The number of H-pyrrole nitrogens is 1. The van der Waals surface area contributed by atoms with Crippen molar-refractivity contribution in [3.63, 3.8) is 0 Å². The zero-order valence-corrected chi connectivity index (χ0v) is 43.7. The molecule has 27 heteroatoms. The van der Waals surface area contributed by atoms with Gasteiger partial charge in [0.1, 0.15) is 30.5 Å². The van der Waals surface area contributed by atoms with E-state index in [-0.39, 0.29) is 65.0 Å². The number of nitrogens with zero attached hydrogens (tertiary/aromatic N) is 6. The summed E-state index contributed by atoms with van der Waals surface area (Å²) in [6, 6.07) is 3.47. The van der Waals surface area contributed by atoms with Crippen LogP contribution >= 0.6 is 15.0 Å². The largest absolute Gasteiger partial charge is 0.414 e. The van der Waals surface area contributed by atoms with Gasteiger partial charge in [0.25, 0.3) is 5.56 Å². The van der Waals surface area contributed by atoms with Crippen molar-refractivity contribution in [1.82, 2.24) is 29.5 Å². The Bertz CT molecular complexity index is 2260. The van der Waals surface area contributed by atoms with E-state index in [2.05, 4.69) is 35.6 Å². The molecule has 368 valence electrons. The van der Waals surface area contributed by atoms with Crippen molar-refractivity contribution >= 4 is 72.7 Å². The number of rotatable bonds is 24. The van der Waals surface area contributed by atoms with Crippen LogP contribution in [0.25, 0.3) is 11.2 Å². The fourth-order valence-corrected chi connectivity index (χ4v) is 20.8. The molecule has 1 aliphatic carbocycles. The Balaban J connectivity index is 1.62. The molecule has 1 saturated heterocycles. The Morgan fingerprint density at radius 1 is 1.09 bits per heavy atom. The molecule has 6 N–H and O–H groups in total. The van der Waals surface area contributed by atoms with Gasteiger partial charge in [-0.1, -0.05) is 69.2 Å². The Morgan fingerprint density at radius 3 is 2.36 bits per heavy atom. The molecule has 1 saturated carbocycles. The van der Waals surface area contributed by atoms with E-state index in [0.29, 0.717) is 18.7 Å². The van der Waals surface area contributed by atoms with Crippen molar-refractivity contribution in [3.8, 4) is 6.07 Å². The van der Waals surface area contributed by atoms with Gasteiger partial charge in [0.15, 0.2) is 17.4 Å². The Morgan fingerprint density at radius 2 is 1.79 bits per heavy atom. The highest BCUT2D eigenvalue weighted by Crippen LogP contribution is 2.56. The summed E-state index contributed by atoms with van der Waals surface area (Å²) in [5, 5.41) is 26.6. The normalized spacial score (nSPS) is 24.2. The van der Waals surface area contributed by atoms with Crippen LogP contribution in [0.5, 0.6) is 0 Å². The number of aliphatic hydroxyl groups is 1. The molecule has 66 heavy (non-hydrogen) atoms. The van der Waals surface area contributed by atoms with Crippen molar-refractivity contribution < 1.29 is 55.5 Å². The second kappa shape index (κ2) is 23.1. The number of hydrogen-bond donors (Lipinski definition) is 6. The Hall–Kier alpha value is -2.90. The van der Waals surface area contributed by atoms with E-state index in [1.54, 1.807) is 26.1 Å². The van der Waals surface area contributed by atoms with Crippen molar-refractivity contribution in [2.75, 3.05) is 30.5 Å². The Kier molecular flexibility index (Phi) is 18.9. The molecule has 0 bridgehead atoms. The number of nitriles is 1. The van der Waals surface area contributed by atoms with E-state index in [9.17, 15) is 34.2 Å². The van der Waals surface area contributed by atoms with Crippen LogP contribution in [-0.4, -0.2) is 118 Å². The maximum absolute atomic E-state index is 13.4. The molecule has 2 aliphatic rings. The molecule has 2 unspecified atom stereocenters. The molecule has 1 amide bonds. The lowest BCUT2D eigenvalue weighted by molar-refractivity contribution is -0.118. The number of nitrogens with one attached hydrogen (secondary N) is 3. The number of aromatic nitrogens is 6. The number of aliphatic hydroxyl groups excluding tert-OH is 1. The van der Waals surface area contributed by atoms with Crippen molar-refractivity contribution in [1.29, 1.82) is 5.26 Å². The minimum absolute atomic E-state index is 0.0189. The number of imidazole rings is 1. The van der Waals surface area contributed by atoms with Crippen LogP contribution in [0.3, 0.4) is 0 Å². The van der Waals surface area contributed by atoms with Crippen molar-refractivity contribution in [2.45, 2.75) is 147 Å². The monoisotopic (exact) mass is 1020 g/mol. The number of amides is 1. The fourth-order valence-electron chi connectivity index (χ4n) is 8.21. The van der Waals surface area contributed by atoms with E-state index in [0.717, 1.165) is 0 Å². The molecular weight excluding hydrogens is 953 g/mol. The standard InChI is InChI=1S/C39H65N9O13P2SSi2/c1-22(2)36(50)46-39-45-35-32(37(51)47-39)43-21-48(35)38-34(33(30(18-49)57-38)60-66(25(7)8,26(9)10)61-65(54,23(3)4)24(5)6)59-63(64,55-15-11-13-40)56-19-27-16-28(17-29(27)58-62(52)53)44-31-12-14-41-20-42-31/h12,14,20-30,33-34,38,49,54,62H,11,15-19H2,1-10H3,(H,52,53)(H,41,42,44)(H2,45,46,47,50,51)/t27-,28-,29+,30-,33-,34-,38-,63?/m1/s1. The first-order chi connectivity index (χ1) is 31.1. The SMILES string of the molecule is CC(C)C(=O)Nc1nc2c(ncn2[C@@H]2O[C@H](CO)[C@@H](O[Si](O[Si](O)(C(C)C)C(C)C)(C(C)C)C(C)C)[C@H]2OP(=S)(OCCC#N)OC[C@H]2C[C@@H](Nc3ccncn3)C[C@@H]2O[PH](=O)O)c(=O)[nH]1. The molecule has 22 nitrogen and oxygen atoms in total. The number of anilines is 2. The van der Waals surface area contributed by atoms with Crippen LogP contribution in [0.15, 0.2) is 29.7 Å². The minimum atomic E-state index is -4.04. The second-order valence-corrected chi connectivity index (χ2v) is 30.4. The van der Waals surface area contributed by atoms with Crippen LogP contribution in [0.1, 0.15) is 94.7 Å². The average Bonchev–Trinajstić information content (AvgIpc) is 3.94. The Labute approximate surface area is 392 Å². The maximum atomic E-state index is 13.4. The quantitative estimate of drug-likeness (QED) is 0.0365. The first-order valence-corrected chi connectivity index (χ1v) is 29.9. The zero-order chi connectivity index (χ0) is 48.7. The summed E-state index contributed by atoms with van der Waals surface area (Å²) in [5.74, 6) is -0.971. The number of fused-ring (bicyclic) bond motifs is 1. The first-order valence-electron chi connectivity index (χ1n) is 22.1. The number of carbonyl (C=O) groups excluding carboxylic acids is 1. The van der Waals surface area contributed by atoms with Crippen LogP contribution in [0.4, 0.5) is 11.8 Å². The summed E-state index contributed by atoms with van der Waals surface area (Å²) in [7, 11) is -10.6. The fraction of sp³-hybridized carbons (Fsp3) is 0.718. The summed E-state index contributed by atoms with van der Waals surface area (Å²) in [6.07, 6.45) is -0.864. The predicted octanol–water partition coefficient (Wildman–Crippen LogP) is 5.53. The third-order valence-electron chi connectivity index (χ3n) is 11.8. The molecule has 0 spiro atoms. The summed E-state index contributed by atoms with van der Waals surface area (Å²) in [4.78, 5) is 68.0. The van der Waals surface area contributed by atoms with Gasteiger partial charge in [-0.25, -0.2) is 15.0 Å². The average molecular weight is 1020 g/mol. The van der Waals surface area contributed by atoms with E-state index in [1.807, 2.05) is 61.5 Å². The summed E-state index contributed by atoms with van der Waals surface area (Å²) >= 11 is 6.15. The molecule has 0 radical (unpaired) electrons. The highest BCUT2D eigenvalue weighted by atomic mass is 32.5. The number of carbonyl (C=O) groups is 1. The lowest BCUT2D eigenvalue weighted by atomic mass is 10.1. The van der Waals surface area contributed by atoms with Crippen LogP contribution in [0.2, 0.25) is 22.2 Å². The van der Waals surface area contributed by atoms with Gasteiger partial charge >= 0.3 is 32.1 Å². The molecule has 5 rings (SSSR count). The molecule has 4 heterocycles. The van der Waals surface area contributed by atoms with Gasteiger partial charge in [0, 0.05) is 24.1 Å². The maximum Gasteiger partial charge on any atom is 0.335 e. The van der Waals surface area contributed by atoms with Crippen molar-refractivity contribution in [3.05, 3.63) is 35.3 Å². The molecule has 3 aromatic rings. The van der Waals surface area contributed by atoms with Crippen LogP contribution in [0, 0.1) is 23.2 Å². The second-order valence-electron chi connectivity index (χ2n) is 18.1. The lowest BCUT2D eigenvalue weighted by Crippen LogP contribution is -2.62. The molecular formula is C39H65N9O13P2SSi2. The minimum Gasteiger partial charge on any atom is -0.414 e. The van der Waals surface area contributed by atoms with Crippen LogP contribution in [-0.2, 0) is 52.5 Å². The topological polar surface area (TPSA) is 297 Å². The van der Waals surface area contributed by atoms with E-state index in [1.165, 1.54) is 17.2 Å². The van der Waals surface area contributed by atoms with Crippen molar-refractivity contribution in [2.24, 2.45) is 11.8 Å². The molecule has 1 aliphatic heterocycles. The summed E-state index contributed by atoms with van der Waals surface area (Å²) in [6.45, 7) is 13.8. The van der Waals surface area contributed by atoms with E-state index < -0.39 is 92.6 Å². The lowest BCUT2D eigenvalue weighted by Gasteiger charge is -2.47. The third-order valence-corrected chi connectivity index (χ3v) is 24.4. The number of aromatic amines is 1. The highest BCUT2D eigenvalue weighted by molar-refractivity contribution is 8.07. The summed E-state index contributed by atoms with van der Waals surface area (Å²) in [5.41, 5.74) is -1.80. The predicted molar refractivity (Wildman–Crippen MR) is 252 cm³/mol. The molecule has 0 aromatic carbocycles. The summed E-state index contributed by atoms with van der Waals surface area (Å²) < 4.78 is 59.5. The van der Waals surface area contributed by atoms with Gasteiger partial charge < -0.3 is 47.0 Å². The highest BCUT2D eigenvalue weighted by Gasteiger charge is 2.60. The van der Waals surface area contributed by atoms with E-state index in [4.69, 9.17) is 43.2 Å². The number of ether oxygens (including phenoxy) is 1.